The maximum atomic E-state index is 13.7. The molecule has 0 heterocycles. The second-order valence-corrected chi connectivity index (χ2v) is 10.5. The van der Waals surface area contributed by atoms with Gasteiger partial charge in [0.2, 0.25) is 0 Å². The van der Waals surface area contributed by atoms with Crippen molar-refractivity contribution in [2.24, 2.45) is 29.6 Å². The van der Waals surface area contributed by atoms with Gasteiger partial charge in [0.15, 0.2) is 11.6 Å². The van der Waals surface area contributed by atoms with E-state index in [1.165, 1.54) is 95.6 Å². The molecule has 2 heteroatoms. The number of aryl methyl sites for hydroxylation is 1. The molecule has 0 amide bonds. The van der Waals surface area contributed by atoms with Gasteiger partial charge in [0.25, 0.3) is 0 Å². The molecule has 5 unspecified atom stereocenters. The van der Waals surface area contributed by atoms with Gasteiger partial charge in [0.05, 0.1) is 0 Å². The van der Waals surface area contributed by atoms with Crippen LogP contribution in [0.2, 0.25) is 0 Å². The molecule has 1 aromatic rings. The Morgan fingerprint density at radius 2 is 1.38 bits per heavy atom. The van der Waals surface area contributed by atoms with Crippen LogP contribution in [-0.2, 0) is 12.8 Å². The lowest BCUT2D eigenvalue weighted by atomic mass is 9.61. The Morgan fingerprint density at radius 1 is 0.724 bits per heavy atom. The molecule has 0 N–H and O–H groups in total. The van der Waals surface area contributed by atoms with E-state index in [1.54, 1.807) is 0 Å². The van der Waals surface area contributed by atoms with Crippen molar-refractivity contribution in [3.05, 3.63) is 34.9 Å². The maximum absolute atomic E-state index is 13.7. The molecular formula is C27H40F2. The van der Waals surface area contributed by atoms with Crippen LogP contribution in [0.5, 0.6) is 0 Å². The highest BCUT2D eigenvalue weighted by Gasteiger charge is 2.38. The number of fused-ring (bicyclic) bond motifs is 2. The normalized spacial score (nSPS) is 31.9. The lowest BCUT2D eigenvalue weighted by Crippen LogP contribution is -2.35. The minimum absolute atomic E-state index is 0.666. The fraction of sp³-hybridized carbons (Fsp3) is 0.778. The van der Waals surface area contributed by atoms with Crippen LogP contribution in [0, 0.1) is 41.2 Å². The summed E-state index contributed by atoms with van der Waals surface area (Å²) in [4.78, 5) is 0. The summed E-state index contributed by atoms with van der Waals surface area (Å²) in [6, 6.07) is 2.93. The molecule has 2 fully saturated rings. The van der Waals surface area contributed by atoms with Gasteiger partial charge in [-0.25, -0.2) is 8.78 Å². The van der Waals surface area contributed by atoms with E-state index in [1.807, 2.05) is 0 Å². The van der Waals surface area contributed by atoms with Crippen molar-refractivity contribution >= 4 is 0 Å². The van der Waals surface area contributed by atoms with Crippen LogP contribution in [0.1, 0.15) is 102 Å². The molecule has 29 heavy (non-hydrogen) atoms. The van der Waals surface area contributed by atoms with E-state index >= 15 is 0 Å². The highest BCUT2D eigenvalue weighted by atomic mass is 19.2. The average molecular weight is 403 g/mol. The van der Waals surface area contributed by atoms with E-state index < -0.39 is 11.6 Å². The van der Waals surface area contributed by atoms with Crippen molar-refractivity contribution in [2.75, 3.05) is 0 Å². The lowest BCUT2D eigenvalue weighted by molar-refractivity contribution is 0.0689. The zero-order chi connectivity index (χ0) is 20.2. The Kier molecular flexibility index (Phi) is 7.30. The van der Waals surface area contributed by atoms with Crippen LogP contribution < -0.4 is 0 Å². The van der Waals surface area contributed by atoms with Crippen LogP contribution in [0.15, 0.2) is 12.1 Å². The number of rotatable bonds is 7. The smallest absolute Gasteiger partial charge is 0.159 e. The fourth-order valence-corrected chi connectivity index (χ4v) is 6.93. The quantitative estimate of drug-likeness (QED) is 0.403. The molecule has 2 saturated carbocycles. The second-order valence-electron chi connectivity index (χ2n) is 10.5. The predicted octanol–water partition coefficient (Wildman–Crippen LogP) is 8.26. The molecule has 3 aliphatic rings. The van der Waals surface area contributed by atoms with Crippen LogP contribution in [0.4, 0.5) is 8.78 Å². The number of hydrogen-bond acceptors (Lipinski definition) is 0. The molecule has 0 aliphatic heterocycles. The molecule has 3 aliphatic carbocycles. The van der Waals surface area contributed by atoms with E-state index in [-0.39, 0.29) is 0 Å². The van der Waals surface area contributed by atoms with Gasteiger partial charge in [-0.05, 0) is 104 Å². The van der Waals surface area contributed by atoms with Gasteiger partial charge in [0, 0.05) is 0 Å². The number of unbranched alkanes of at least 4 members (excludes halogenated alkanes) is 4. The third kappa shape index (κ3) is 5.23. The molecule has 5 atom stereocenters. The summed E-state index contributed by atoms with van der Waals surface area (Å²) in [5.41, 5.74) is 2.13. The van der Waals surface area contributed by atoms with Gasteiger partial charge in [-0.2, -0.15) is 0 Å². The van der Waals surface area contributed by atoms with Crippen molar-refractivity contribution in [1.82, 2.24) is 0 Å². The lowest BCUT2D eigenvalue weighted by Gasteiger charge is -2.45. The van der Waals surface area contributed by atoms with Crippen LogP contribution in [0.25, 0.3) is 0 Å². The highest BCUT2D eigenvalue weighted by molar-refractivity contribution is 5.31. The van der Waals surface area contributed by atoms with E-state index in [2.05, 4.69) is 6.92 Å². The molecule has 0 aromatic heterocycles. The van der Waals surface area contributed by atoms with Crippen LogP contribution in [-0.4, -0.2) is 0 Å². The Labute approximate surface area is 176 Å². The topological polar surface area (TPSA) is 0 Å². The zero-order valence-corrected chi connectivity index (χ0v) is 18.4. The summed E-state index contributed by atoms with van der Waals surface area (Å²) in [5, 5.41) is 0. The van der Waals surface area contributed by atoms with Crippen molar-refractivity contribution in [2.45, 2.75) is 103 Å². The van der Waals surface area contributed by atoms with E-state index in [0.29, 0.717) is 5.92 Å². The first-order valence-electron chi connectivity index (χ1n) is 12.6. The van der Waals surface area contributed by atoms with Gasteiger partial charge < -0.3 is 0 Å². The van der Waals surface area contributed by atoms with Gasteiger partial charge in [-0.15, -0.1) is 0 Å². The van der Waals surface area contributed by atoms with Gasteiger partial charge >= 0.3 is 0 Å². The number of benzene rings is 1. The van der Waals surface area contributed by atoms with Crippen molar-refractivity contribution < 1.29 is 8.78 Å². The first kappa shape index (κ1) is 21.3. The molecular weight excluding hydrogens is 362 g/mol. The minimum Gasteiger partial charge on any atom is -0.204 e. The third-order valence-electron chi connectivity index (χ3n) is 8.65. The third-order valence-corrected chi connectivity index (χ3v) is 8.65. The summed E-state index contributed by atoms with van der Waals surface area (Å²) in [6.45, 7) is 2.29. The maximum Gasteiger partial charge on any atom is 0.159 e. The van der Waals surface area contributed by atoms with Crippen molar-refractivity contribution in [1.29, 1.82) is 0 Å². The molecule has 0 saturated heterocycles. The Morgan fingerprint density at radius 3 is 2.17 bits per heavy atom. The standard InChI is InChI=1S/C27H40F2/c1-2-3-4-5-6-7-19-8-9-21-15-22(11-10-20(21)14-19)23-12-13-24-17-26(28)27(29)18-25(24)16-23/h17-23H,2-16H2,1H3. The summed E-state index contributed by atoms with van der Waals surface area (Å²) in [5.74, 6) is 3.06. The number of halogens is 2. The first-order valence-corrected chi connectivity index (χ1v) is 12.6. The first-order chi connectivity index (χ1) is 14.1. The Hall–Kier alpha value is -0.920. The molecule has 0 bridgehead atoms. The van der Waals surface area contributed by atoms with Gasteiger partial charge in [-0.3, -0.25) is 0 Å². The summed E-state index contributed by atoms with van der Waals surface area (Å²) >= 11 is 0. The van der Waals surface area contributed by atoms with E-state index in [9.17, 15) is 8.78 Å². The molecule has 1 aromatic carbocycles. The second kappa shape index (κ2) is 9.92. The van der Waals surface area contributed by atoms with E-state index in [4.69, 9.17) is 0 Å². The molecule has 0 nitrogen and oxygen atoms in total. The summed E-state index contributed by atoms with van der Waals surface area (Å²) in [6.07, 6.45) is 20.2. The largest absolute Gasteiger partial charge is 0.204 e. The number of hydrogen-bond donors (Lipinski definition) is 0. The van der Waals surface area contributed by atoms with Crippen LogP contribution >= 0.6 is 0 Å². The summed E-state index contributed by atoms with van der Waals surface area (Å²) < 4.78 is 27.2. The minimum atomic E-state index is -0.676. The van der Waals surface area contributed by atoms with Crippen molar-refractivity contribution in [3.8, 4) is 0 Å². The van der Waals surface area contributed by atoms with Gasteiger partial charge in [0.1, 0.15) is 0 Å². The SMILES string of the molecule is CCCCCCCC1CCC2CC(C3CCc4cc(F)c(F)cc4C3)CCC2C1. The predicted molar refractivity (Wildman–Crippen MR) is 117 cm³/mol. The Bertz CT molecular complexity index is 667. The highest BCUT2D eigenvalue weighted by Crippen LogP contribution is 2.49. The zero-order valence-electron chi connectivity index (χ0n) is 18.4. The van der Waals surface area contributed by atoms with Crippen molar-refractivity contribution in [3.63, 3.8) is 0 Å². The molecule has 4 rings (SSSR count). The molecule has 162 valence electrons. The average Bonchev–Trinajstić information content (AvgIpc) is 2.73. The van der Waals surface area contributed by atoms with E-state index in [0.717, 1.165) is 47.6 Å². The fourth-order valence-electron chi connectivity index (χ4n) is 6.93. The Balaban J connectivity index is 1.25. The van der Waals surface area contributed by atoms with Crippen LogP contribution in [0.3, 0.4) is 0 Å². The monoisotopic (exact) mass is 402 g/mol. The van der Waals surface area contributed by atoms with Gasteiger partial charge in [-0.1, -0.05) is 51.9 Å². The molecule has 0 spiro atoms. The molecule has 0 radical (unpaired) electrons. The summed E-state index contributed by atoms with van der Waals surface area (Å²) in [7, 11) is 0.